The van der Waals surface area contributed by atoms with Crippen LogP contribution in [0.3, 0.4) is 0 Å². The van der Waals surface area contributed by atoms with Crippen molar-refractivity contribution >= 4 is 28.4 Å². The van der Waals surface area contributed by atoms with Gasteiger partial charge in [-0.1, -0.05) is 19.1 Å². The van der Waals surface area contributed by atoms with E-state index in [0.717, 1.165) is 55.7 Å². The normalized spacial score (nSPS) is 19.9. The molecule has 2 aliphatic heterocycles. The number of pyridine rings is 1. The quantitative estimate of drug-likeness (QED) is 0.412. The highest BCUT2D eigenvalue weighted by atomic mass is 16.6. The van der Waals surface area contributed by atoms with Gasteiger partial charge in [0.05, 0.1) is 11.1 Å². The van der Waals surface area contributed by atoms with Gasteiger partial charge in [0.15, 0.2) is 0 Å². The van der Waals surface area contributed by atoms with E-state index in [-0.39, 0.29) is 6.09 Å². The number of hydrogen-bond acceptors (Lipinski definition) is 7. The zero-order valence-corrected chi connectivity index (χ0v) is 25.0. The average molecular weight is 555 g/mol. The van der Waals surface area contributed by atoms with Gasteiger partial charge in [0.2, 0.25) is 0 Å². The van der Waals surface area contributed by atoms with Gasteiger partial charge in [0, 0.05) is 74.8 Å². The van der Waals surface area contributed by atoms with E-state index in [2.05, 4.69) is 76.1 Å². The standard InChI is InChI=1S/C33H42N6O2/c1-24-19-28(23-39(21-24)30-13-10-26(20-34)31-29(30)7-6-14-35-31)36(5)22-25-8-11-27(12-9-25)37-15-17-38(18-16-37)32(40)41-33(2,3)4/h6-14,24,28H,15-19,21-23H2,1-5H3/t24-,28+/m0/s1. The third-order valence-corrected chi connectivity index (χ3v) is 8.13. The number of hydrogen-bond donors (Lipinski definition) is 0. The molecule has 0 aliphatic carbocycles. The Bertz CT molecular complexity index is 1400. The van der Waals surface area contributed by atoms with Crippen molar-refractivity contribution < 1.29 is 9.53 Å². The maximum absolute atomic E-state index is 12.4. The number of piperazine rings is 1. The molecule has 216 valence electrons. The fourth-order valence-corrected chi connectivity index (χ4v) is 6.06. The molecule has 1 amide bonds. The number of aromatic nitrogens is 1. The van der Waals surface area contributed by atoms with E-state index in [0.29, 0.717) is 30.6 Å². The number of carbonyl (C=O) groups is 1. The summed E-state index contributed by atoms with van der Waals surface area (Å²) in [5.41, 5.74) is 4.58. The SMILES string of the molecule is C[C@H]1C[C@@H](N(C)Cc2ccc(N3CCN(C(=O)OC(C)(C)C)CC3)cc2)CN(c2ccc(C#N)c3ncccc23)C1. The number of piperidine rings is 1. The number of fused-ring (bicyclic) bond motifs is 1. The third kappa shape index (κ3) is 6.74. The highest BCUT2D eigenvalue weighted by Gasteiger charge is 2.29. The Hall–Kier alpha value is -3.83. The monoisotopic (exact) mass is 554 g/mol. The van der Waals surface area contributed by atoms with Crippen molar-refractivity contribution in [1.29, 1.82) is 5.26 Å². The van der Waals surface area contributed by atoms with Crippen molar-refractivity contribution in [2.24, 2.45) is 5.92 Å². The van der Waals surface area contributed by atoms with Crippen molar-refractivity contribution in [3.63, 3.8) is 0 Å². The molecule has 0 spiro atoms. The maximum Gasteiger partial charge on any atom is 0.410 e. The Labute approximate surface area is 244 Å². The summed E-state index contributed by atoms with van der Waals surface area (Å²) in [5, 5.41) is 10.6. The third-order valence-electron chi connectivity index (χ3n) is 8.13. The van der Waals surface area contributed by atoms with E-state index in [1.807, 2.05) is 32.9 Å². The first-order chi connectivity index (χ1) is 19.6. The van der Waals surface area contributed by atoms with Crippen LogP contribution in [0.25, 0.3) is 10.9 Å². The van der Waals surface area contributed by atoms with Crippen LogP contribution < -0.4 is 9.80 Å². The molecule has 0 bridgehead atoms. The smallest absolute Gasteiger partial charge is 0.410 e. The van der Waals surface area contributed by atoms with Crippen LogP contribution in [0.1, 0.15) is 45.2 Å². The summed E-state index contributed by atoms with van der Waals surface area (Å²) in [5.74, 6) is 0.556. The van der Waals surface area contributed by atoms with Crippen molar-refractivity contribution in [1.82, 2.24) is 14.8 Å². The molecule has 8 nitrogen and oxygen atoms in total. The number of benzene rings is 2. The van der Waals surface area contributed by atoms with Crippen molar-refractivity contribution in [3.05, 3.63) is 65.9 Å². The number of likely N-dealkylation sites (N-methyl/N-ethyl adjacent to an activating group) is 1. The lowest BCUT2D eigenvalue weighted by molar-refractivity contribution is 0.0240. The van der Waals surface area contributed by atoms with E-state index >= 15 is 0 Å². The first-order valence-electron chi connectivity index (χ1n) is 14.7. The molecular weight excluding hydrogens is 512 g/mol. The van der Waals surface area contributed by atoms with Crippen LogP contribution in [-0.2, 0) is 11.3 Å². The van der Waals surface area contributed by atoms with Crippen LogP contribution in [0, 0.1) is 17.2 Å². The molecule has 2 saturated heterocycles. The molecule has 0 unspecified atom stereocenters. The number of ether oxygens (including phenoxy) is 1. The minimum Gasteiger partial charge on any atom is -0.444 e. The van der Waals surface area contributed by atoms with Gasteiger partial charge in [0.25, 0.3) is 0 Å². The molecule has 2 aromatic carbocycles. The number of anilines is 2. The lowest BCUT2D eigenvalue weighted by Crippen LogP contribution is -2.50. The van der Waals surface area contributed by atoms with Gasteiger partial charge in [-0.2, -0.15) is 5.26 Å². The molecule has 41 heavy (non-hydrogen) atoms. The summed E-state index contributed by atoms with van der Waals surface area (Å²) in [6.07, 6.45) is 2.69. The highest BCUT2D eigenvalue weighted by Crippen LogP contribution is 2.32. The first-order valence-corrected chi connectivity index (χ1v) is 14.7. The second-order valence-corrected chi connectivity index (χ2v) is 12.6. The summed E-state index contributed by atoms with van der Waals surface area (Å²) < 4.78 is 5.53. The number of rotatable bonds is 5. The Kier molecular flexibility index (Phi) is 8.37. The minimum atomic E-state index is -0.472. The minimum absolute atomic E-state index is 0.227. The topological polar surface area (TPSA) is 75.9 Å². The Morgan fingerprint density at radius 3 is 2.46 bits per heavy atom. The first kappa shape index (κ1) is 28.7. The van der Waals surface area contributed by atoms with E-state index in [4.69, 9.17) is 4.74 Å². The van der Waals surface area contributed by atoms with Crippen LogP contribution in [0.2, 0.25) is 0 Å². The molecule has 0 radical (unpaired) electrons. The molecule has 3 heterocycles. The van der Waals surface area contributed by atoms with Crippen LogP contribution in [-0.4, -0.2) is 78.8 Å². The van der Waals surface area contributed by atoms with E-state index in [1.54, 1.807) is 11.1 Å². The number of nitriles is 1. The van der Waals surface area contributed by atoms with E-state index in [9.17, 15) is 10.1 Å². The Morgan fingerprint density at radius 2 is 1.78 bits per heavy atom. The zero-order chi connectivity index (χ0) is 29.1. The lowest BCUT2D eigenvalue weighted by Gasteiger charge is -2.42. The van der Waals surface area contributed by atoms with Gasteiger partial charge in [-0.05, 0) is 82.1 Å². The predicted octanol–water partition coefficient (Wildman–Crippen LogP) is 5.51. The fraction of sp³-hybridized carbons (Fsp3) is 0.485. The highest BCUT2D eigenvalue weighted by molar-refractivity contribution is 5.95. The summed E-state index contributed by atoms with van der Waals surface area (Å²) in [7, 11) is 2.23. The van der Waals surface area contributed by atoms with Crippen molar-refractivity contribution in [2.75, 3.05) is 56.1 Å². The van der Waals surface area contributed by atoms with Crippen molar-refractivity contribution in [2.45, 2.75) is 52.3 Å². The molecule has 2 fully saturated rings. The van der Waals surface area contributed by atoms with Crippen LogP contribution in [0.5, 0.6) is 0 Å². The number of amides is 1. The predicted molar refractivity (Wildman–Crippen MR) is 164 cm³/mol. The van der Waals surface area contributed by atoms with Gasteiger partial charge in [-0.25, -0.2) is 4.79 Å². The molecule has 3 aromatic rings. The molecule has 1 aromatic heterocycles. The molecule has 5 rings (SSSR count). The van der Waals surface area contributed by atoms with Gasteiger partial charge in [-0.15, -0.1) is 0 Å². The average Bonchev–Trinajstić information content (AvgIpc) is 2.96. The van der Waals surface area contributed by atoms with Gasteiger partial charge >= 0.3 is 6.09 Å². The van der Waals surface area contributed by atoms with Crippen LogP contribution in [0.15, 0.2) is 54.7 Å². The van der Waals surface area contributed by atoms with Crippen molar-refractivity contribution in [3.8, 4) is 6.07 Å². The molecule has 0 N–H and O–H groups in total. The number of carbonyl (C=O) groups excluding carboxylic acids is 1. The largest absolute Gasteiger partial charge is 0.444 e. The molecule has 0 saturated carbocycles. The van der Waals surface area contributed by atoms with Crippen LogP contribution >= 0.6 is 0 Å². The van der Waals surface area contributed by atoms with Gasteiger partial charge < -0.3 is 19.4 Å². The maximum atomic E-state index is 12.4. The van der Waals surface area contributed by atoms with E-state index < -0.39 is 5.60 Å². The number of nitrogens with zero attached hydrogens (tertiary/aromatic N) is 6. The lowest BCUT2D eigenvalue weighted by atomic mass is 9.93. The van der Waals surface area contributed by atoms with Gasteiger partial charge in [-0.3, -0.25) is 9.88 Å². The molecule has 2 atom stereocenters. The van der Waals surface area contributed by atoms with Crippen LogP contribution in [0.4, 0.5) is 16.2 Å². The van der Waals surface area contributed by atoms with Gasteiger partial charge in [0.1, 0.15) is 11.7 Å². The summed E-state index contributed by atoms with van der Waals surface area (Å²) in [4.78, 5) is 26.0. The second kappa shape index (κ2) is 12.0. The molecule has 2 aliphatic rings. The second-order valence-electron chi connectivity index (χ2n) is 12.6. The summed E-state index contributed by atoms with van der Waals surface area (Å²) >= 11 is 0. The Balaban J connectivity index is 1.20. The summed E-state index contributed by atoms with van der Waals surface area (Å²) in [6, 6.07) is 19.6. The Morgan fingerprint density at radius 1 is 1.05 bits per heavy atom. The zero-order valence-electron chi connectivity index (χ0n) is 25.0. The van der Waals surface area contributed by atoms with E-state index in [1.165, 1.54) is 11.3 Å². The fourth-order valence-electron chi connectivity index (χ4n) is 6.06. The molecule has 8 heteroatoms. The molecular formula is C33H42N6O2. The summed E-state index contributed by atoms with van der Waals surface area (Å²) in [6.45, 7) is 13.8.